The number of hydrogen-bond acceptors (Lipinski definition) is 5. The van der Waals surface area contributed by atoms with Crippen molar-refractivity contribution in [1.29, 1.82) is 0 Å². The summed E-state index contributed by atoms with van der Waals surface area (Å²) in [6.07, 6.45) is 2.59. The van der Waals surface area contributed by atoms with Gasteiger partial charge in [-0.25, -0.2) is 4.68 Å². The molecule has 0 spiro atoms. The Labute approximate surface area is 204 Å². The van der Waals surface area contributed by atoms with Crippen molar-refractivity contribution >= 4 is 5.91 Å². The summed E-state index contributed by atoms with van der Waals surface area (Å²) in [4.78, 5) is 15.8. The van der Waals surface area contributed by atoms with E-state index in [0.717, 1.165) is 23.4 Å². The molecular formula is C28H27N3O4. The van der Waals surface area contributed by atoms with E-state index >= 15 is 0 Å². The minimum atomic E-state index is -0.0828. The topological polar surface area (TPSA) is 65.8 Å². The van der Waals surface area contributed by atoms with Gasteiger partial charge in [0.2, 0.25) is 0 Å². The molecule has 2 heterocycles. The highest BCUT2D eigenvalue weighted by Crippen LogP contribution is 2.36. The number of carbonyl (C=O) groups excluding carboxylic acids is 1. The van der Waals surface area contributed by atoms with E-state index in [-0.39, 0.29) is 5.91 Å². The zero-order chi connectivity index (χ0) is 24.4. The molecule has 1 amide bonds. The number of benzene rings is 3. The van der Waals surface area contributed by atoms with E-state index in [0.29, 0.717) is 41.4 Å². The summed E-state index contributed by atoms with van der Waals surface area (Å²) >= 11 is 0. The number of carbonyl (C=O) groups is 1. The van der Waals surface area contributed by atoms with Gasteiger partial charge in [-0.2, -0.15) is 5.10 Å². The number of para-hydroxylation sites is 1. The van der Waals surface area contributed by atoms with Gasteiger partial charge in [0.25, 0.3) is 5.91 Å². The molecule has 3 aromatic carbocycles. The Morgan fingerprint density at radius 2 is 1.60 bits per heavy atom. The van der Waals surface area contributed by atoms with Crippen LogP contribution in [0.25, 0.3) is 16.9 Å². The molecule has 1 aliphatic rings. The number of ether oxygens (including phenoxy) is 3. The van der Waals surface area contributed by atoms with Crippen LogP contribution in [0, 0.1) is 0 Å². The number of methoxy groups -OCH3 is 3. The van der Waals surface area contributed by atoms with Crippen molar-refractivity contribution < 1.29 is 19.0 Å². The lowest BCUT2D eigenvalue weighted by atomic mass is 9.98. The van der Waals surface area contributed by atoms with E-state index in [1.807, 2.05) is 65.6 Å². The fraction of sp³-hybridized carbons (Fsp3) is 0.214. The molecule has 1 aliphatic heterocycles. The predicted molar refractivity (Wildman–Crippen MR) is 134 cm³/mol. The van der Waals surface area contributed by atoms with Crippen molar-refractivity contribution in [3.8, 4) is 34.2 Å². The van der Waals surface area contributed by atoms with Gasteiger partial charge in [0.15, 0.2) is 0 Å². The minimum absolute atomic E-state index is 0.0828. The van der Waals surface area contributed by atoms with Gasteiger partial charge in [-0.3, -0.25) is 4.79 Å². The number of aromatic nitrogens is 2. The normalized spacial score (nSPS) is 12.7. The predicted octanol–water partition coefficient (Wildman–Crippen LogP) is 4.76. The van der Waals surface area contributed by atoms with Crippen LogP contribution in [0.2, 0.25) is 0 Å². The lowest BCUT2D eigenvalue weighted by molar-refractivity contribution is 0.0735. The van der Waals surface area contributed by atoms with E-state index in [2.05, 4.69) is 6.07 Å². The van der Waals surface area contributed by atoms with Crippen LogP contribution in [0.5, 0.6) is 17.2 Å². The Morgan fingerprint density at radius 3 is 2.34 bits per heavy atom. The molecule has 7 nitrogen and oxygen atoms in total. The van der Waals surface area contributed by atoms with Crippen molar-refractivity contribution in [2.45, 2.75) is 13.0 Å². The number of nitrogens with zero attached hydrogens (tertiary/aromatic N) is 3. The summed E-state index contributed by atoms with van der Waals surface area (Å²) in [5.74, 6) is 1.98. The monoisotopic (exact) mass is 469 g/mol. The van der Waals surface area contributed by atoms with Crippen molar-refractivity contribution in [3.05, 3.63) is 89.6 Å². The second kappa shape index (κ2) is 9.54. The van der Waals surface area contributed by atoms with E-state index in [1.165, 1.54) is 5.56 Å². The lowest BCUT2D eigenvalue weighted by Gasteiger charge is -2.29. The summed E-state index contributed by atoms with van der Waals surface area (Å²) < 4.78 is 18.2. The van der Waals surface area contributed by atoms with Crippen LogP contribution < -0.4 is 14.2 Å². The Morgan fingerprint density at radius 1 is 0.857 bits per heavy atom. The SMILES string of the molecule is COc1ccc2c(c1)CN(C(=O)c1cn(-c3ccccc3)nc1-c1cc(OC)ccc1OC)CC2. The van der Waals surface area contributed by atoms with E-state index in [9.17, 15) is 4.79 Å². The molecule has 0 saturated carbocycles. The third-order valence-corrected chi connectivity index (χ3v) is 6.34. The largest absolute Gasteiger partial charge is 0.497 e. The van der Waals surface area contributed by atoms with E-state index < -0.39 is 0 Å². The smallest absolute Gasteiger partial charge is 0.258 e. The molecule has 0 saturated heterocycles. The van der Waals surface area contributed by atoms with Crippen LogP contribution in [0.15, 0.2) is 72.9 Å². The van der Waals surface area contributed by atoms with Crippen molar-refractivity contribution in [2.24, 2.45) is 0 Å². The first kappa shape index (κ1) is 22.5. The van der Waals surface area contributed by atoms with Crippen LogP contribution in [0.4, 0.5) is 0 Å². The molecule has 0 atom stereocenters. The Kier molecular flexibility index (Phi) is 6.14. The third kappa shape index (κ3) is 4.33. The van der Waals surface area contributed by atoms with Gasteiger partial charge in [-0.1, -0.05) is 24.3 Å². The zero-order valence-electron chi connectivity index (χ0n) is 20.0. The highest BCUT2D eigenvalue weighted by Gasteiger charge is 2.28. The molecule has 178 valence electrons. The van der Waals surface area contributed by atoms with Crippen molar-refractivity contribution in [3.63, 3.8) is 0 Å². The maximum Gasteiger partial charge on any atom is 0.258 e. The van der Waals surface area contributed by atoms with Gasteiger partial charge >= 0.3 is 0 Å². The van der Waals surface area contributed by atoms with Gasteiger partial charge < -0.3 is 19.1 Å². The summed E-state index contributed by atoms with van der Waals surface area (Å²) in [5, 5.41) is 4.84. The molecular weight excluding hydrogens is 442 g/mol. The standard InChI is InChI=1S/C28H27N3O4/c1-33-22-10-9-19-13-14-30(17-20(19)15-22)28(32)25-18-31(21-7-5-4-6-8-21)29-27(25)24-16-23(34-2)11-12-26(24)35-3/h4-12,15-16,18H,13-14,17H2,1-3H3. The highest BCUT2D eigenvalue weighted by molar-refractivity contribution is 6.00. The molecule has 1 aromatic heterocycles. The zero-order valence-corrected chi connectivity index (χ0v) is 20.0. The highest BCUT2D eigenvalue weighted by atomic mass is 16.5. The maximum atomic E-state index is 13.9. The average molecular weight is 470 g/mol. The van der Waals surface area contributed by atoms with Gasteiger partial charge in [0.05, 0.1) is 32.6 Å². The Bertz CT molecular complexity index is 1360. The summed E-state index contributed by atoms with van der Waals surface area (Å²) in [5.41, 5.74) is 4.95. The van der Waals surface area contributed by atoms with Crippen LogP contribution in [-0.2, 0) is 13.0 Å². The fourth-order valence-corrected chi connectivity index (χ4v) is 4.45. The first-order chi connectivity index (χ1) is 17.1. The van der Waals surface area contributed by atoms with Crippen LogP contribution >= 0.6 is 0 Å². The van der Waals surface area contributed by atoms with E-state index in [1.54, 1.807) is 32.2 Å². The second-order valence-electron chi connectivity index (χ2n) is 8.35. The molecule has 0 radical (unpaired) electrons. The summed E-state index contributed by atoms with van der Waals surface area (Å²) in [7, 11) is 4.87. The summed E-state index contributed by atoms with van der Waals surface area (Å²) in [6.45, 7) is 1.14. The van der Waals surface area contributed by atoms with Crippen LogP contribution in [0.1, 0.15) is 21.5 Å². The molecule has 5 rings (SSSR count). The molecule has 0 N–H and O–H groups in total. The van der Waals surface area contributed by atoms with E-state index in [4.69, 9.17) is 19.3 Å². The first-order valence-corrected chi connectivity index (χ1v) is 11.4. The van der Waals surface area contributed by atoms with Crippen molar-refractivity contribution in [2.75, 3.05) is 27.9 Å². The quantitative estimate of drug-likeness (QED) is 0.407. The molecule has 0 unspecified atom stereocenters. The number of hydrogen-bond donors (Lipinski definition) is 0. The average Bonchev–Trinajstić information content (AvgIpc) is 3.37. The first-order valence-electron chi connectivity index (χ1n) is 11.4. The van der Waals surface area contributed by atoms with Gasteiger partial charge in [-0.15, -0.1) is 0 Å². The van der Waals surface area contributed by atoms with Gasteiger partial charge in [0.1, 0.15) is 22.9 Å². The Hall–Kier alpha value is -4.26. The fourth-order valence-electron chi connectivity index (χ4n) is 4.45. The minimum Gasteiger partial charge on any atom is -0.497 e. The lowest BCUT2D eigenvalue weighted by Crippen LogP contribution is -2.36. The van der Waals surface area contributed by atoms with Gasteiger partial charge in [-0.05, 0) is 60.0 Å². The molecule has 0 bridgehead atoms. The number of rotatable bonds is 6. The van der Waals surface area contributed by atoms with Crippen molar-refractivity contribution in [1.82, 2.24) is 14.7 Å². The summed E-state index contributed by atoms with van der Waals surface area (Å²) in [6, 6.07) is 21.3. The molecule has 35 heavy (non-hydrogen) atoms. The number of amides is 1. The Balaban J connectivity index is 1.59. The van der Waals surface area contributed by atoms with Gasteiger partial charge in [0, 0.05) is 24.8 Å². The molecule has 4 aromatic rings. The third-order valence-electron chi connectivity index (χ3n) is 6.34. The molecule has 0 aliphatic carbocycles. The van der Waals surface area contributed by atoms with Crippen LogP contribution in [0.3, 0.4) is 0 Å². The van der Waals surface area contributed by atoms with Crippen LogP contribution in [-0.4, -0.2) is 48.5 Å². The second-order valence-corrected chi connectivity index (χ2v) is 8.35. The molecule has 7 heteroatoms. The maximum absolute atomic E-state index is 13.9. The number of fused-ring (bicyclic) bond motifs is 1. The molecule has 0 fully saturated rings.